The minimum Gasteiger partial charge on any atom is -0.462 e. The number of carbonyl (C=O) groups excluding carboxylic acids is 2. The minimum atomic E-state index is -0.799. The van der Waals surface area contributed by atoms with Gasteiger partial charge >= 0.3 is 5.97 Å². The van der Waals surface area contributed by atoms with Crippen LogP contribution in [0.2, 0.25) is 0 Å². The van der Waals surface area contributed by atoms with Crippen LogP contribution in [0.4, 0.5) is 0 Å². The van der Waals surface area contributed by atoms with E-state index in [9.17, 15) is 19.8 Å². The average Bonchev–Trinajstić information content (AvgIpc) is 3.22. The number of carbonyl (C=O) groups is 2. The van der Waals surface area contributed by atoms with E-state index in [0.717, 1.165) is 70.6 Å². The molecule has 0 spiro atoms. The molecule has 6 heteroatoms. The van der Waals surface area contributed by atoms with Crippen LogP contribution in [-0.2, 0) is 14.3 Å². The lowest BCUT2D eigenvalue weighted by Crippen LogP contribution is -2.46. The molecule has 0 aromatic carbocycles. The van der Waals surface area contributed by atoms with Gasteiger partial charge in [0.2, 0.25) is 5.91 Å². The van der Waals surface area contributed by atoms with Gasteiger partial charge in [0.25, 0.3) is 0 Å². The van der Waals surface area contributed by atoms with Crippen molar-refractivity contribution in [1.29, 1.82) is 0 Å². The predicted octanol–water partition coefficient (Wildman–Crippen LogP) is 14.7. The predicted molar refractivity (Wildman–Crippen MR) is 250 cm³/mol. The van der Waals surface area contributed by atoms with E-state index in [1.54, 1.807) is 0 Å². The lowest BCUT2D eigenvalue weighted by Gasteiger charge is -2.24. The molecular formula is C52H95NO5. The zero-order valence-corrected chi connectivity index (χ0v) is 38.4. The van der Waals surface area contributed by atoms with Crippen molar-refractivity contribution in [2.75, 3.05) is 6.61 Å². The highest BCUT2D eigenvalue weighted by Gasteiger charge is 2.24. The van der Waals surface area contributed by atoms with E-state index in [4.69, 9.17) is 4.74 Å². The number of unbranched alkanes of at least 4 members (excludes halogenated alkanes) is 24. The number of ether oxygens (including phenoxy) is 1. The molecule has 1 amide bonds. The van der Waals surface area contributed by atoms with Crippen LogP contribution in [0.15, 0.2) is 48.6 Å². The van der Waals surface area contributed by atoms with Crippen molar-refractivity contribution in [3.63, 3.8) is 0 Å². The normalized spacial score (nSPS) is 13.7. The molecule has 6 nitrogen and oxygen atoms in total. The van der Waals surface area contributed by atoms with Crippen LogP contribution in [0.1, 0.15) is 245 Å². The van der Waals surface area contributed by atoms with E-state index >= 15 is 0 Å². The number of allylic oxidation sites excluding steroid dienone is 8. The molecule has 58 heavy (non-hydrogen) atoms. The van der Waals surface area contributed by atoms with E-state index in [1.165, 1.54) is 128 Å². The Morgan fingerprint density at radius 3 is 1.36 bits per heavy atom. The number of aliphatic hydroxyl groups excluding tert-OH is 2. The standard InChI is InChI=1S/C52H95NO5/c1-4-7-10-13-16-19-22-24-25-26-27-28-29-31-34-37-40-43-48(58-52(57)45-42-39-36-33-21-18-15-12-9-6-3)46-51(56)53-49(47-54)50(55)44-41-38-35-32-30-23-20-17-14-11-8-5-2/h16,19,24-25,27-28,31,34,48-50,54-55H,4-15,17-18,20-23,26,29-30,32-33,35-47H2,1-3H3,(H,53,56)/b19-16-,25-24-,28-27-,34-31-. The largest absolute Gasteiger partial charge is 0.462 e. The summed E-state index contributed by atoms with van der Waals surface area (Å²) in [4.78, 5) is 26.0. The smallest absolute Gasteiger partial charge is 0.306 e. The van der Waals surface area contributed by atoms with Gasteiger partial charge in [0.05, 0.1) is 25.2 Å². The van der Waals surface area contributed by atoms with Crippen LogP contribution in [-0.4, -0.2) is 46.9 Å². The monoisotopic (exact) mass is 814 g/mol. The zero-order valence-electron chi connectivity index (χ0n) is 38.4. The Labute approximate surface area is 359 Å². The summed E-state index contributed by atoms with van der Waals surface area (Å²) in [5, 5.41) is 23.7. The maximum absolute atomic E-state index is 13.2. The highest BCUT2D eigenvalue weighted by molar-refractivity contribution is 5.77. The van der Waals surface area contributed by atoms with E-state index in [0.29, 0.717) is 19.3 Å². The molecule has 0 bridgehead atoms. The molecule has 0 radical (unpaired) electrons. The lowest BCUT2D eigenvalue weighted by molar-refractivity contribution is -0.151. The number of hydrogen-bond donors (Lipinski definition) is 3. The summed E-state index contributed by atoms with van der Waals surface area (Å²) >= 11 is 0. The molecule has 0 fully saturated rings. The Balaban J connectivity index is 4.68. The van der Waals surface area contributed by atoms with Gasteiger partial charge in [-0.1, -0.05) is 217 Å². The first-order chi connectivity index (χ1) is 28.5. The molecular weight excluding hydrogens is 719 g/mol. The fourth-order valence-corrected chi connectivity index (χ4v) is 7.36. The number of aliphatic hydroxyl groups is 2. The molecule has 3 unspecified atom stereocenters. The average molecular weight is 814 g/mol. The fourth-order valence-electron chi connectivity index (χ4n) is 7.36. The van der Waals surface area contributed by atoms with Gasteiger partial charge in [0, 0.05) is 6.42 Å². The first-order valence-electron chi connectivity index (χ1n) is 24.9. The molecule has 0 heterocycles. The fraction of sp³-hybridized carbons (Fsp3) is 0.808. The van der Waals surface area contributed by atoms with Crippen LogP contribution in [0.25, 0.3) is 0 Å². The van der Waals surface area contributed by atoms with E-state index < -0.39 is 18.2 Å². The molecule has 0 aliphatic rings. The van der Waals surface area contributed by atoms with Crippen LogP contribution < -0.4 is 5.32 Å². The molecule has 3 N–H and O–H groups in total. The topological polar surface area (TPSA) is 95.9 Å². The van der Waals surface area contributed by atoms with Gasteiger partial charge in [-0.15, -0.1) is 0 Å². The van der Waals surface area contributed by atoms with Crippen LogP contribution >= 0.6 is 0 Å². The summed E-state index contributed by atoms with van der Waals surface area (Å²) in [5.74, 6) is -0.525. The Bertz CT molecular complexity index is 1000. The second kappa shape index (κ2) is 45.9. The quantitative estimate of drug-likeness (QED) is 0.0323. The molecule has 0 aromatic heterocycles. The van der Waals surface area contributed by atoms with Crippen LogP contribution in [0, 0.1) is 0 Å². The Morgan fingerprint density at radius 1 is 0.500 bits per heavy atom. The van der Waals surface area contributed by atoms with Crippen molar-refractivity contribution < 1.29 is 24.5 Å². The summed E-state index contributed by atoms with van der Waals surface area (Å²) < 4.78 is 5.89. The molecule has 0 aromatic rings. The Hall–Kier alpha value is -2.18. The number of rotatable bonds is 44. The van der Waals surface area contributed by atoms with Gasteiger partial charge in [-0.25, -0.2) is 0 Å². The van der Waals surface area contributed by atoms with Gasteiger partial charge in [-0.2, -0.15) is 0 Å². The van der Waals surface area contributed by atoms with Gasteiger partial charge in [-0.3, -0.25) is 9.59 Å². The van der Waals surface area contributed by atoms with Crippen molar-refractivity contribution in [3.05, 3.63) is 48.6 Å². The highest BCUT2D eigenvalue weighted by atomic mass is 16.5. The molecule has 0 aliphatic carbocycles. The van der Waals surface area contributed by atoms with Gasteiger partial charge in [-0.05, 0) is 64.2 Å². The van der Waals surface area contributed by atoms with Gasteiger partial charge < -0.3 is 20.3 Å². The maximum atomic E-state index is 13.2. The summed E-state index contributed by atoms with van der Waals surface area (Å²) in [6.07, 6.45) is 54.6. The summed E-state index contributed by atoms with van der Waals surface area (Å²) in [6.45, 7) is 6.42. The second-order valence-corrected chi connectivity index (χ2v) is 16.9. The Morgan fingerprint density at radius 2 is 0.897 bits per heavy atom. The number of hydrogen-bond acceptors (Lipinski definition) is 5. The summed E-state index contributed by atoms with van der Waals surface area (Å²) in [7, 11) is 0. The van der Waals surface area contributed by atoms with Crippen LogP contribution in [0.5, 0.6) is 0 Å². The molecule has 0 aliphatic heterocycles. The van der Waals surface area contributed by atoms with Crippen molar-refractivity contribution in [1.82, 2.24) is 5.32 Å². The minimum absolute atomic E-state index is 0.0419. The lowest BCUT2D eigenvalue weighted by atomic mass is 10.0. The van der Waals surface area contributed by atoms with Crippen molar-refractivity contribution >= 4 is 11.9 Å². The molecule has 338 valence electrons. The van der Waals surface area contributed by atoms with E-state index in [1.807, 2.05) is 0 Å². The van der Waals surface area contributed by atoms with E-state index in [2.05, 4.69) is 74.7 Å². The first-order valence-corrected chi connectivity index (χ1v) is 24.9. The molecule has 3 atom stereocenters. The SMILES string of the molecule is CCCCC/C=C\C/C=C\C/C=C\C/C=C\CCCC(CC(=O)NC(CO)C(O)CCCCCCCCCCCCCC)OC(=O)CCCCCCCCCCCC. The molecule has 0 saturated carbocycles. The van der Waals surface area contributed by atoms with Gasteiger partial charge in [0.1, 0.15) is 6.10 Å². The number of esters is 1. The summed E-state index contributed by atoms with van der Waals surface area (Å²) in [6, 6.07) is -0.716. The first kappa shape index (κ1) is 55.8. The zero-order chi connectivity index (χ0) is 42.4. The molecule has 0 saturated heterocycles. The maximum Gasteiger partial charge on any atom is 0.306 e. The van der Waals surface area contributed by atoms with Crippen molar-refractivity contribution in [2.45, 2.75) is 264 Å². The third kappa shape index (κ3) is 40.6. The second-order valence-electron chi connectivity index (χ2n) is 16.9. The Kier molecular flexibility index (Phi) is 44.2. The number of nitrogens with one attached hydrogen (secondary N) is 1. The third-order valence-corrected chi connectivity index (χ3v) is 11.2. The van der Waals surface area contributed by atoms with E-state index in [-0.39, 0.29) is 24.9 Å². The van der Waals surface area contributed by atoms with Crippen molar-refractivity contribution in [2.24, 2.45) is 0 Å². The van der Waals surface area contributed by atoms with Crippen LogP contribution in [0.3, 0.4) is 0 Å². The van der Waals surface area contributed by atoms with Gasteiger partial charge in [0.15, 0.2) is 0 Å². The highest BCUT2D eigenvalue weighted by Crippen LogP contribution is 2.17. The van der Waals surface area contributed by atoms with Crippen molar-refractivity contribution in [3.8, 4) is 0 Å². The molecule has 0 rings (SSSR count). The third-order valence-electron chi connectivity index (χ3n) is 11.2. The number of amides is 1. The summed E-state index contributed by atoms with van der Waals surface area (Å²) in [5.41, 5.74) is 0.